The molecule has 0 radical (unpaired) electrons. The van der Waals surface area contributed by atoms with E-state index in [9.17, 15) is 18.0 Å². The number of esters is 1. The van der Waals surface area contributed by atoms with Gasteiger partial charge in [-0.15, -0.1) is 0 Å². The molecule has 1 N–H and O–H groups in total. The number of fused-ring (bicyclic) bond motifs is 2. The van der Waals surface area contributed by atoms with Gasteiger partial charge in [-0.2, -0.15) is 13.2 Å². The molecule has 1 spiro atoms. The van der Waals surface area contributed by atoms with Gasteiger partial charge in [0.15, 0.2) is 0 Å². The molecule has 0 bridgehead atoms. The maximum atomic E-state index is 14.4. The summed E-state index contributed by atoms with van der Waals surface area (Å²) >= 11 is 12.0. The Morgan fingerprint density at radius 2 is 1.81 bits per heavy atom. The summed E-state index contributed by atoms with van der Waals surface area (Å²) in [5.74, 6) is -0.285. The van der Waals surface area contributed by atoms with Gasteiger partial charge in [0.25, 0.3) is 0 Å². The summed E-state index contributed by atoms with van der Waals surface area (Å²) in [4.78, 5) is 12.8. The Morgan fingerprint density at radius 3 is 2.39 bits per heavy atom. The van der Waals surface area contributed by atoms with Crippen LogP contribution in [0.3, 0.4) is 0 Å². The number of nitrogens with one attached hydrogen (secondary N) is 1. The lowest BCUT2D eigenvalue weighted by Crippen LogP contribution is -2.68. The summed E-state index contributed by atoms with van der Waals surface area (Å²) in [5, 5.41) is 3.43. The minimum Gasteiger partial charge on any atom is -0.480 e. The van der Waals surface area contributed by atoms with Crippen molar-refractivity contribution in [2.45, 2.75) is 68.9 Å². The van der Waals surface area contributed by atoms with Gasteiger partial charge in [-0.25, -0.2) is 0 Å². The highest BCUT2D eigenvalue weighted by molar-refractivity contribution is 6.34. The second-order valence-corrected chi connectivity index (χ2v) is 11.7. The van der Waals surface area contributed by atoms with Crippen LogP contribution in [-0.2, 0) is 31.7 Å². The number of hydrogen-bond donors (Lipinski definition) is 1. The number of alkyl halides is 3. The molecule has 1 saturated heterocycles. The number of halogens is 5. The molecule has 2 aliphatic heterocycles. The average molecular weight is 540 g/mol. The van der Waals surface area contributed by atoms with E-state index in [4.69, 9.17) is 32.7 Å². The first kappa shape index (κ1) is 25.4. The Bertz CT molecular complexity index is 1250. The zero-order valence-corrected chi connectivity index (χ0v) is 21.6. The lowest BCUT2D eigenvalue weighted by Gasteiger charge is -2.47. The summed E-state index contributed by atoms with van der Waals surface area (Å²) in [7, 11) is 0. The van der Waals surface area contributed by atoms with Crippen molar-refractivity contribution in [2.75, 3.05) is 6.54 Å². The van der Waals surface area contributed by atoms with Crippen molar-refractivity contribution in [3.05, 3.63) is 75.0 Å². The second-order valence-electron chi connectivity index (χ2n) is 10.8. The first-order valence-electron chi connectivity index (χ1n) is 11.7. The number of rotatable bonds is 3. The lowest BCUT2D eigenvalue weighted by atomic mass is 9.69. The molecule has 4 nitrogen and oxygen atoms in total. The molecule has 9 heteroatoms. The van der Waals surface area contributed by atoms with Crippen LogP contribution < -0.4 is 5.32 Å². The molecule has 2 aromatic carbocycles. The van der Waals surface area contributed by atoms with Gasteiger partial charge in [-0.3, -0.25) is 4.79 Å². The summed E-state index contributed by atoms with van der Waals surface area (Å²) in [6.45, 7) is 6.16. The topological polar surface area (TPSA) is 47.6 Å². The van der Waals surface area contributed by atoms with Gasteiger partial charge in [0.05, 0.1) is 6.26 Å². The maximum absolute atomic E-state index is 14.4. The minimum atomic E-state index is -4.70. The number of carbonyl (C=O) groups excluding carboxylic acids is 1. The van der Waals surface area contributed by atoms with Crippen LogP contribution in [0.2, 0.25) is 10.0 Å². The molecule has 3 atom stereocenters. The third kappa shape index (κ3) is 4.09. The van der Waals surface area contributed by atoms with E-state index in [0.29, 0.717) is 17.7 Å². The predicted octanol–water partition coefficient (Wildman–Crippen LogP) is 6.71. The molecule has 0 amide bonds. The summed E-state index contributed by atoms with van der Waals surface area (Å²) in [5.41, 5.74) is -0.495. The fourth-order valence-corrected chi connectivity index (χ4v) is 6.09. The highest BCUT2D eigenvalue weighted by Crippen LogP contribution is 2.53. The molecule has 2 aromatic rings. The van der Waals surface area contributed by atoms with Crippen LogP contribution in [0.1, 0.15) is 55.9 Å². The van der Waals surface area contributed by atoms with Crippen LogP contribution in [0.4, 0.5) is 13.2 Å². The third-order valence-electron chi connectivity index (χ3n) is 7.30. The zero-order valence-electron chi connectivity index (χ0n) is 20.1. The predicted molar refractivity (Wildman–Crippen MR) is 132 cm³/mol. The molecular weight excluding hydrogens is 514 g/mol. The number of benzene rings is 2. The summed E-state index contributed by atoms with van der Waals surface area (Å²) < 4.78 is 54.1. The van der Waals surface area contributed by atoms with Crippen LogP contribution in [0, 0.1) is 0 Å². The first-order valence-corrected chi connectivity index (χ1v) is 12.5. The minimum absolute atomic E-state index is 0.106. The molecular formula is C27H26Cl2F3NO3. The lowest BCUT2D eigenvalue weighted by molar-refractivity contribution is -0.260. The molecule has 2 heterocycles. The van der Waals surface area contributed by atoms with Gasteiger partial charge in [-0.1, -0.05) is 41.4 Å². The summed E-state index contributed by atoms with van der Waals surface area (Å²) in [6.07, 6.45) is -2.42. The van der Waals surface area contributed by atoms with Crippen LogP contribution in [0.25, 0.3) is 5.57 Å². The van der Waals surface area contributed by atoms with Crippen LogP contribution in [0.5, 0.6) is 0 Å². The van der Waals surface area contributed by atoms with E-state index in [1.54, 1.807) is 0 Å². The van der Waals surface area contributed by atoms with Gasteiger partial charge < -0.3 is 14.8 Å². The second kappa shape index (κ2) is 8.40. The Balaban J connectivity index is 1.43. The van der Waals surface area contributed by atoms with Crippen molar-refractivity contribution in [1.82, 2.24) is 5.32 Å². The maximum Gasteiger partial charge on any atom is 0.432 e. The van der Waals surface area contributed by atoms with Gasteiger partial charge in [0, 0.05) is 34.0 Å². The van der Waals surface area contributed by atoms with E-state index in [1.165, 1.54) is 24.5 Å². The zero-order chi connectivity index (χ0) is 26.1. The molecule has 1 fully saturated rings. The van der Waals surface area contributed by atoms with Crippen LogP contribution in [-0.4, -0.2) is 30.3 Å². The van der Waals surface area contributed by atoms with Crippen molar-refractivity contribution in [3.63, 3.8) is 0 Å². The Morgan fingerprint density at radius 1 is 1.11 bits per heavy atom. The molecule has 0 saturated carbocycles. The van der Waals surface area contributed by atoms with Crippen LogP contribution in [0.15, 0.2) is 42.7 Å². The molecule has 0 aromatic heterocycles. The highest BCUT2D eigenvalue weighted by Gasteiger charge is 2.61. The fourth-order valence-electron chi connectivity index (χ4n) is 5.56. The van der Waals surface area contributed by atoms with Crippen molar-refractivity contribution in [1.29, 1.82) is 0 Å². The van der Waals surface area contributed by atoms with Gasteiger partial charge in [0.1, 0.15) is 11.6 Å². The van der Waals surface area contributed by atoms with E-state index < -0.39 is 29.8 Å². The molecule has 192 valence electrons. The Hall–Kier alpha value is -2.22. The normalized spacial score (nSPS) is 27.3. The van der Waals surface area contributed by atoms with Crippen molar-refractivity contribution in [3.8, 4) is 0 Å². The quantitative estimate of drug-likeness (QED) is 0.440. The fraction of sp³-hybridized carbons (Fsp3) is 0.444. The SMILES string of the molecule is CC(C)(C)OC(=O)C1NCC12CCc1cc(C3=COC(c4cc(Cl)cc(Cl)c4)(C(F)(F)F)C3)ccc12. The van der Waals surface area contributed by atoms with Crippen LogP contribution >= 0.6 is 23.2 Å². The molecule has 36 heavy (non-hydrogen) atoms. The third-order valence-corrected chi connectivity index (χ3v) is 7.73. The number of ether oxygens (including phenoxy) is 2. The molecule has 1 aliphatic carbocycles. The monoisotopic (exact) mass is 539 g/mol. The number of hydrogen-bond acceptors (Lipinski definition) is 4. The van der Waals surface area contributed by atoms with E-state index in [1.807, 2.05) is 39.0 Å². The molecule has 3 unspecified atom stereocenters. The van der Waals surface area contributed by atoms with Gasteiger partial charge >= 0.3 is 12.1 Å². The van der Waals surface area contributed by atoms with Gasteiger partial charge in [0.2, 0.25) is 5.60 Å². The smallest absolute Gasteiger partial charge is 0.432 e. The van der Waals surface area contributed by atoms with E-state index in [-0.39, 0.29) is 27.0 Å². The Labute approximate surface area is 217 Å². The standard InChI is InChI=1S/C27H26Cl2F3NO3/c1-24(2,3)36-23(34)22-25(14-33-22)7-6-16-8-15(4-5-21(16)25)17-12-26(35-13-17,27(30,31)32)18-9-19(28)11-20(29)10-18/h4-5,8-11,13,22,33H,6-7,12,14H2,1-3H3. The van der Waals surface area contributed by atoms with E-state index in [0.717, 1.165) is 24.0 Å². The average Bonchev–Trinajstić information content (AvgIpc) is 3.34. The first-order chi connectivity index (χ1) is 16.7. The number of carbonyl (C=O) groups is 1. The molecule has 5 rings (SSSR count). The van der Waals surface area contributed by atoms with Crippen molar-refractivity contribution in [2.24, 2.45) is 0 Å². The highest BCUT2D eigenvalue weighted by atomic mass is 35.5. The van der Waals surface area contributed by atoms with Crippen molar-refractivity contribution < 1.29 is 27.4 Å². The molecule has 3 aliphatic rings. The summed E-state index contributed by atoms with van der Waals surface area (Å²) in [6, 6.07) is 9.08. The van der Waals surface area contributed by atoms with E-state index >= 15 is 0 Å². The Kier molecular flexibility index (Phi) is 5.93. The van der Waals surface area contributed by atoms with E-state index in [2.05, 4.69) is 5.32 Å². The largest absolute Gasteiger partial charge is 0.480 e. The number of aryl methyl sites for hydroxylation is 1. The van der Waals surface area contributed by atoms with Crippen molar-refractivity contribution >= 4 is 34.7 Å². The van der Waals surface area contributed by atoms with Gasteiger partial charge in [-0.05, 0) is 74.1 Å².